The van der Waals surface area contributed by atoms with Crippen molar-refractivity contribution >= 4 is 5.91 Å². The Bertz CT molecular complexity index is 360. The van der Waals surface area contributed by atoms with Crippen LogP contribution in [0.15, 0.2) is 22.8 Å². The molecule has 5 heteroatoms. The number of rotatable bonds is 7. The lowest BCUT2D eigenvalue weighted by Crippen LogP contribution is -2.45. The minimum Gasteiger partial charge on any atom is -0.468 e. The zero-order valence-corrected chi connectivity index (χ0v) is 11.3. The van der Waals surface area contributed by atoms with E-state index in [1.54, 1.807) is 6.26 Å². The first-order valence-corrected chi connectivity index (χ1v) is 6.23. The third-order valence-corrected chi connectivity index (χ3v) is 2.68. The summed E-state index contributed by atoms with van der Waals surface area (Å²) in [7, 11) is 0. The number of carbonyl (C=O) groups excluding carboxylic acids is 1. The molecule has 5 nitrogen and oxygen atoms in total. The van der Waals surface area contributed by atoms with Crippen LogP contribution in [0.3, 0.4) is 0 Å². The lowest BCUT2D eigenvalue weighted by atomic mass is 10.0. The number of hydrogen-bond donors (Lipinski definition) is 2. The Morgan fingerprint density at radius 2 is 2.11 bits per heavy atom. The summed E-state index contributed by atoms with van der Waals surface area (Å²) < 4.78 is 5.43. The lowest BCUT2D eigenvalue weighted by Gasteiger charge is -2.33. The number of hydrogen-bond acceptors (Lipinski definition) is 4. The molecule has 102 valence electrons. The first kappa shape index (κ1) is 14.7. The third-order valence-electron chi connectivity index (χ3n) is 2.68. The Kier molecular flexibility index (Phi) is 5.37. The van der Waals surface area contributed by atoms with E-state index < -0.39 is 0 Å². The second-order valence-corrected chi connectivity index (χ2v) is 5.11. The van der Waals surface area contributed by atoms with Crippen LogP contribution in [0, 0.1) is 5.92 Å². The molecule has 0 aromatic carbocycles. The first-order valence-electron chi connectivity index (χ1n) is 6.23. The molecule has 0 aliphatic carbocycles. The van der Waals surface area contributed by atoms with Gasteiger partial charge in [0.2, 0.25) is 5.91 Å². The van der Waals surface area contributed by atoms with Gasteiger partial charge in [0.25, 0.3) is 0 Å². The molecule has 0 saturated carbocycles. The zero-order valence-electron chi connectivity index (χ0n) is 11.3. The van der Waals surface area contributed by atoms with E-state index in [1.165, 1.54) is 0 Å². The van der Waals surface area contributed by atoms with Crippen molar-refractivity contribution < 1.29 is 9.21 Å². The minimum absolute atomic E-state index is 0.130. The second-order valence-electron chi connectivity index (χ2n) is 5.11. The van der Waals surface area contributed by atoms with Crippen LogP contribution in [-0.2, 0) is 4.79 Å². The molecular formula is C13H23N3O2. The maximum absolute atomic E-state index is 11.2. The summed E-state index contributed by atoms with van der Waals surface area (Å²) in [6.45, 7) is 7.02. The highest BCUT2D eigenvalue weighted by Crippen LogP contribution is 2.24. The van der Waals surface area contributed by atoms with Crippen molar-refractivity contribution in [3.63, 3.8) is 0 Å². The van der Waals surface area contributed by atoms with Crippen LogP contribution in [-0.4, -0.2) is 29.9 Å². The van der Waals surface area contributed by atoms with E-state index >= 15 is 0 Å². The number of carbonyl (C=O) groups is 1. The van der Waals surface area contributed by atoms with E-state index in [-0.39, 0.29) is 24.5 Å². The molecule has 2 unspecified atom stereocenters. The highest BCUT2D eigenvalue weighted by atomic mass is 16.3. The quantitative estimate of drug-likeness (QED) is 0.762. The Morgan fingerprint density at radius 1 is 1.44 bits per heavy atom. The van der Waals surface area contributed by atoms with Crippen LogP contribution >= 0.6 is 0 Å². The van der Waals surface area contributed by atoms with Gasteiger partial charge in [0.05, 0.1) is 18.8 Å². The topological polar surface area (TPSA) is 85.5 Å². The average molecular weight is 253 g/mol. The SMILES string of the molecule is CC(C)CN(CC(N)=O)C(c1ccco1)C(C)N. The normalized spacial score (nSPS) is 15.0. The first-order chi connectivity index (χ1) is 8.41. The van der Waals surface area contributed by atoms with Crippen molar-refractivity contribution in [1.29, 1.82) is 0 Å². The van der Waals surface area contributed by atoms with Crippen molar-refractivity contribution in [1.82, 2.24) is 4.90 Å². The molecule has 2 atom stereocenters. The molecule has 1 aromatic rings. The van der Waals surface area contributed by atoms with Crippen LogP contribution in [0.25, 0.3) is 0 Å². The molecule has 18 heavy (non-hydrogen) atoms. The van der Waals surface area contributed by atoms with Gasteiger partial charge in [-0.25, -0.2) is 0 Å². The summed E-state index contributed by atoms with van der Waals surface area (Å²) >= 11 is 0. The fraction of sp³-hybridized carbons (Fsp3) is 0.615. The van der Waals surface area contributed by atoms with Crippen molar-refractivity contribution in [2.24, 2.45) is 17.4 Å². The number of nitrogens with zero attached hydrogens (tertiary/aromatic N) is 1. The van der Waals surface area contributed by atoms with Gasteiger partial charge >= 0.3 is 0 Å². The summed E-state index contributed by atoms with van der Waals surface area (Å²) in [6.07, 6.45) is 1.61. The largest absolute Gasteiger partial charge is 0.468 e. The molecular weight excluding hydrogens is 230 g/mol. The van der Waals surface area contributed by atoms with Gasteiger partial charge in [-0.15, -0.1) is 0 Å². The monoisotopic (exact) mass is 253 g/mol. The van der Waals surface area contributed by atoms with Crippen LogP contribution in [0.1, 0.15) is 32.6 Å². The molecule has 0 aliphatic rings. The van der Waals surface area contributed by atoms with Gasteiger partial charge in [-0.1, -0.05) is 13.8 Å². The van der Waals surface area contributed by atoms with Crippen molar-refractivity contribution in [2.75, 3.05) is 13.1 Å². The fourth-order valence-electron chi connectivity index (χ4n) is 2.18. The molecule has 0 bridgehead atoms. The Hall–Kier alpha value is -1.33. The van der Waals surface area contributed by atoms with Gasteiger partial charge in [-0.05, 0) is 25.0 Å². The van der Waals surface area contributed by atoms with Gasteiger partial charge in [0.1, 0.15) is 5.76 Å². The van der Waals surface area contributed by atoms with Gasteiger partial charge in [0, 0.05) is 12.6 Å². The molecule has 0 fully saturated rings. The summed E-state index contributed by atoms with van der Waals surface area (Å²) in [5.74, 6) is 0.834. The average Bonchev–Trinajstić information content (AvgIpc) is 2.68. The molecule has 1 amide bonds. The van der Waals surface area contributed by atoms with Crippen LogP contribution < -0.4 is 11.5 Å². The summed E-state index contributed by atoms with van der Waals surface area (Å²) in [5.41, 5.74) is 11.3. The molecule has 1 rings (SSSR count). The van der Waals surface area contributed by atoms with Crippen LogP contribution in [0.2, 0.25) is 0 Å². The zero-order chi connectivity index (χ0) is 13.7. The van der Waals surface area contributed by atoms with Crippen LogP contribution in [0.4, 0.5) is 0 Å². The van der Waals surface area contributed by atoms with Crippen molar-refractivity contribution in [2.45, 2.75) is 32.9 Å². The highest BCUT2D eigenvalue weighted by molar-refractivity contribution is 5.76. The van der Waals surface area contributed by atoms with E-state index in [1.807, 2.05) is 24.0 Å². The smallest absolute Gasteiger partial charge is 0.231 e. The van der Waals surface area contributed by atoms with E-state index in [9.17, 15) is 4.79 Å². The minimum atomic E-state index is -0.354. The van der Waals surface area contributed by atoms with E-state index in [0.29, 0.717) is 5.92 Å². The number of furan rings is 1. The third kappa shape index (κ3) is 4.16. The molecule has 0 saturated heterocycles. The maximum Gasteiger partial charge on any atom is 0.231 e. The fourth-order valence-corrected chi connectivity index (χ4v) is 2.18. The predicted molar refractivity (Wildman–Crippen MR) is 70.7 cm³/mol. The molecule has 0 spiro atoms. The van der Waals surface area contributed by atoms with E-state index in [2.05, 4.69) is 13.8 Å². The molecule has 0 aliphatic heterocycles. The summed E-state index contributed by atoms with van der Waals surface area (Å²) in [5, 5.41) is 0. The van der Waals surface area contributed by atoms with Gasteiger partial charge in [-0.3, -0.25) is 9.69 Å². The molecule has 4 N–H and O–H groups in total. The second kappa shape index (κ2) is 6.56. The summed E-state index contributed by atoms with van der Waals surface area (Å²) in [6, 6.07) is 3.43. The van der Waals surface area contributed by atoms with E-state index in [0.717, 1.165) is 12.3 Å². The predicted octanol–water partition coefficient (Wildman–Crippen LogP) is 1.11. The number of primary amides is 1. The highest BCUT2D eigenvalue weighted by Gasteiger charge is 2.27. The van der Waals surface area contributed by atoms with Crippen molar-refractivity contribution in [3.05, 3.63) is 24.2 Å². The Labute approximate surface area is 108 Å². The Morgan fingerprint density at radius 3 is 2.50 bits per heavy atom. The van der Waals surface area contributed by atoms with Gasteiger partial charge in [-0.2, -0.15) is 0 Å². The number of nitrogens with two attached hydrogens (primary N) is 2. The maximum atomic E-state index is 11.2. The molecule has 1 heterocycles. The van der Waals surface area contributed by atoms with Crippen LogP contribution in [0.5, 0.6) is 0 Å². The van der Waals surface area contributed by atoms with E-state index in [4.69, 9.17) is 15.9 Å². The Balaban J connectivity index is 2.93. The molecule has 0 radical (unpaired) electrons. The lowest BCUT2D eigenvalue weighted by molar-refractivity contribution is -0.120. The van der Waals surface area contributed by atoms with Crippen molar-refractivity contribution in [3.8, 4) is 0 Å². The van der Waals surface area contributed by atoms with Gasteiger partial charge in [0.15, 0.2) is 0 Å². The van der Waals surface area contributed by atoms with Gasteiger partial charge < -0.3 is 15.9 Å². The molecule has 1 aromatic heterocycles. The summed E-state index contributed by atoms with van der Waals surface area (Å²) in [4.78, 5) is 13.2. The number of amides is 1. The standard InChI is InChI=1S/C13H23N3O2/c1-9(2)7-16(8-12(15)17)13(10(3)14)11-5-4-6-18-11/h4-6,9-10,13H,7-8,14H2,1-3H3,(H2,15,17).